The maximum absolute atomic E-state index is 10.1. The summed E-state index contributed by atoms with van der Waals surface area (Å²) in [6.45, 7) is 4.16. The van der Waals surface area contributed by atoms with Crippen LogP contribution in [-0.4, -0.2) is 11.4 Å². The highest BCUT2D eigenvalue weighted by atomic mass is 16.3. The summed E-state index contributed by atoms with van der Waals surface area (Å²) >= 11 is 0. The molecule has 0 unspecified atom stereocenters. The van der Waals surface area contributed by atoms with Gasteiger partial charge in [-0.25, -0.2) is 0 Å². The Morgan fingerprint density at radius 3 is 1.78 bits per heavy atom. The van der Waals surface area contributed by atoms with Crippen molar-refractivity contribution in [3.63, 3.8) is 0 Å². The largest absolute Gasteiger partial charge is 0.392 e. The van der Waals surface area contributed by atoms with E-state index >= 15 is 0 Å². The average molecular weight is 244 g/mol. The smallest absolute Gasteiger partial charge is 0.150 e. The lowest BCUT2D eigenvalue weighted by molar-refractivity contribution is 0.112. The van der Waals surface area contributed by atoms with Crippen molar-refractivity contribution in [2.24, 2.45) is 0 Å². The molecule has 1 N–H and O–H groups in total. The monoisotopic (exact) mass is 244 g/mol. The minimum absolute atomic E-state index is 0. The second kappa shape index (κ2) is 7.41. The molecule has 0 saturated heterocycles. The van der Waals surface area contributed by atoms with E-state index in [4.69, 9.17) is 5.11 Å². The van der Waals surface area contributed by atoms with Crippen molar-refractivity contribution in [1.29, 1.82) is 0 Å². The van der Waals surface area contributed by atoms with Crippen molar-refractivity contribution >= 4 is 6.29 Å². The summed E-state index contributed by atoms with van der Waals surface area (Å²) < 4.78 is 0. The maximum atomic E-state index is 10.1. The molecule has 0 aromatic heterocycles. The van der Waals surface area contributed by atoms with E-state index in [-0.39, 0.29) is 8.03 Å². The number of benzene rings is 2. The van der Waals surface area contributed by atoms with E-state index in [1.165, 1.54) is 11.1 Å². The Bertz CT molecular complexity index is 475. The predicted octanol–water partition coefficient (Wildman–Crippen LogP) is 3.54. The third kappa shape index (κ3) is 4.93. The van der Waals surface area contributed by atoms with E-state index in [0.717, 1.165) is 17.4 Å². The molecule has 0 spiro atoms. The quantitative estimate of drug-likeness (QED) is 0.820. The number of aldehydes is 1. The molecule has 0 bridgehead atoms. The summed E-state index contributed by atoms with van der Waals surface area (Å²) in [6, 6.07) is 15.3. The van der Waals surface area contributed by atoms with Gasteiger partial charge in [-0.1, -0.05) is 59.7 Å². The van der Waals surface area contributed by atoms with Crippen LogP contribution < -0.4 is 0 Å². The number of rotatable bonds is 2. The van der Waals surface area contributed by atoms with Gasteiger partial charge >= 0.3 is 0 Å². The third-order valence-corrected chi connectivity index (χ3v) is 2.52. The molecule has 2 aromatic rings. The molecule has 0 saturated carbocycles. The van der Waals surface area contributed by atoms with Crippen molar-refractivity contribution in [1.82, 2.24) is 0 Å². The zero-order chi connectivity index (χ0) is 13.4. The average Bonchev–Trinajstić information content (AvgIpc) is 2.41. The lowest BCUT2D eigenvalue weighted by Gasteiger charge is -1.93. The zero-order valence-electron chi connectivity index (χ0n) is 10.8. The van der Waals surface area contributed by atoms with Gasteiger partial charge in [-0.05, 0) is 19.4 Å². The van der Waals surface area contributed by atoms with Gasteiger partial charge in [0.15, 0.2) is 0 Å². The number of hydrogen-bond acceptors (Lipinski definition) is 2. The van der Waals surface area contributed by atoms with Crippen LogP contribution in [0.4, 0.5) is 0 Å². The van der Waals surface area contributed by atoms with Crippen LogP contribution in [0.15, 0.2) is 48.5 Å². The highest BCUT2D eigenvalue weighted by Crippen LogP contribution is 2.01. The van der Waals surface area contributed by atoms with E-state index < -0.39 is 0 Å². The first-order valence-electron chi connectivity index (χ1n) is 5.84. The first kappa shape index (κ1) is 14.1. The molecule has 96 valence electrons. The van der Waals surface area contributed by atoms with Gasteiger partial charge in [0, 0.05) is 6.99 Å². The second-order valence-corrected chi connectivity index (χ2v) is 4.17. The van der Waals surface area contributed by atoms with Crippen LogP contribution in [0.25, 0.3) is 0 Å². The molecule has 18 heavy (non-hydrogen) atoms. The Morgan fingerprint density at radius 2 is 1.39 bits per heavy atom. The van der Waals surface area contributed by atoms with Crippen LogP contribution >= 0.6 is 0 Å². The number of carbonyl (C=O) groups excluding carboxylic acids is 1. The molecule has 2 nitrogen and oxygen atoms in total. The van der Waals surface area contributed by atoms with Crippen LogP contribution in [0.3, 0.4) is 0 Å². The molecular formula is C16H20O2. The van der Waals surface area contributed by atoms with Gasteiger partial charge in [0.05, 0.1) is 6.61 Å². The zero-order valence-corrected chi connectivity index (χ0v) is 10.8. The molecule has 0 heterocycles. The number of aliphatic hydroxyl groups is 1. The second-order valence-electron chi connectivity index (χ2n) is 4.17. The number of aryl methyl sites for hydroxylation is 2. The molecule has 0 fully saturated rings. The third-order valence-electron chi connectivity index (χ3n) is 2.52. The van der Waals surface area contributed by atoms with Crippen LogP contribution in [0, 0.1) is 13.8 Å². The standard InChI is InChI=1S/C8H10O.C8H8O.H2/c2*1-7-2-4-8(6-9)5-3-7;/h2-5,9H,6H2,1H3;2-6H,1H3;1H. The van der Waals surface area contributed by atoms with E-state index in [1.807, 2.05) is 62.4 Å². The van der Waals surface area contributed by atoms with E-state index in [2.05, 4.69) is 0 Å². The summed E-state index contributed by atoms with van der Waals surface area (Å²) in [6.07, 6.45) is 0.847. The van der Waals surface area contributed by atoms with Crippen LogP contribution in [-0.2, 0) is 6.61 Å². The first-order valence-corrected chi connectivity index (χ1v) is 5.84. The van der Waals surface area contributed by atoms with Crippen molar-refractivity contribution in [2.45, 2.75) is 20.5 Å². The fourth-order valence-electron chi connectivity index (χ4n) is 1.34. The van der Waals surface area contributed by atoms with Crippen molar-refractivity contribution < 1.29 is 11.3 Å². The molecule has 0 amide bonds. The van der Waals surface area contributed by atoms with Crippen LogP contribution in [0.2, 0.25) is 0 Å². The van der Waals surface area contributed by atoms with E-state index in [0.29, 0.717) is 0 Å². The Balaban J connectivity index is 0.000000324. The van der Waals surface area contributed by atoms with Gasteiger partial charge < -0.3 is 5.11 Å². The Hall–Kier alpha value is -1.93. The minimum Gasteiger partial charge on any atom is -0.392 e. The SMILES string of the molecule is Cc1ccc(C=O)cc1.Cc1ccc(CO)cc1.[HH]. The fourth-order valence-corrected chi connectivity index (χ4v) is 1.34. The highest BCUT2D eigenvalue weighted by Gasteiger charge is 1.86. The number of carbonyl (C=O) groups is 1. The highest BCUT2D eigenvalue weighted by molar-refractivity contribution is 5.74. The molecule has 2 aromatic carbocycles. The van der Waals surface area contributed by atoms with E-state index in [1.54, 1.807) is 0 Å². The molecule has 0 atom stereocenters. The predicted molar refractivity (Wildman–Crippen MR) is 75.8 cm³/mol. The molecule has 0 radical (unpaired) electrons. The Morgan fingerprint density at radius 1 is 0.944 bits per heavy atom. The summed E-state index contributed by atoms with van der Waals surface area (Å²) in [5.74, 6) is 0. The lowest BCUT2D eigenvalue weighted by atomic mass is 10.2. The van der Waals surface area contributed by atoms with E-state index in [9.17, 15) is 4.79 Å². The van der Waals surface area contributed by atoms with Gasteiger partial charge in [0.25, 0.3) is 0 Å². The van der Waals surface area contributed by atoms with Gasteiger partial charge in [-0.3, -0.25) is 4.79 Å². The molecular weight excluding hydrogens is 224 g/mol. The molecule has 0 aliphatic heterocycles. The normalized spacial score (nSPS) is 9.28. The topological polar surface area (TPSA) is 37.3 Å². The lowest BCUT2D eigenvalue weighted by Crippen LogP contribution is -1.80. The van der Waals surface area contributed by atoms with Crippen molar-refractivity contribution in [3.05, 3.63) is 70.8 Å². The van der Waals surface area contributed by atoms with Gasteiger partial charge in [-0.2, -0.15) is 0 Å². The van der Waals surface area contributed by atoms with Gasteiger partial charge in [0.1, 0.15) is 6.29 Å². The summed E-state index contributed by atoms with van der Waals surface area (Å²) in [7, 11) is 0. The molecule has 0 aliphatic carbocycles. The van der Waals surface area contributed by atoms with Crippen LogP contribution in [0.1, 0.15) is 28.5 Å². The summed E-state index contributed by atoms with van der Waals surface area (Å²) in [4.78, 5) is 10.1. The Labute approximate surface area is 109 Å². The van der Waals surface area contributed by atoms with Crippen molar-refractivity contribution in [2.75, 3.05) is 0 Å². The molecule has 0 aliphatic rings. The minimum atomic E-state index is 0. The maximum Gasteiger partial charge on any atom is 0.150 e. The molecule has 2 heteroatoms. The van der Waals surface area contributed by atoms with Crippen LogP contribution in [0.5, 0.6) is 0 Å². The van der Waals surface area contributed by atoms with Crippen molar-refractivity contribution in [3.8, 4) is 0 Å². The fraction of sp³-hybridized carbons (Fsp3) is 0.188. The first-order chi connectivity index (χ1) is 8.65. The number of aliphatic hydroxyl groups excluding tert-OH is 1. The summed E-state index contributed by atoms with van der Waals surface area (Å²) in [5.41, 5.74) is 4.12. The summed E-state index contributed by atoms with van der Waals surface area (Å²) in [5, 5.41) is 8.63. The number of hydrogen-bond donors (Lipinski definition) is 1. The van der Waals surface area contributed by atoms with Gasteiger partial charge in [0.2, 0.25) is 0 Å². The Kier molecular flexibility index (Phi) is 5.81. The van der Waals surface area contributed by atoms with Gasteiger partial charge in [-0.15, -0.1) is 0 Å². The molecule has 2 rings (SSSR count).